The molecule has 3 rings (SSSR count). The lowest BCUT2D eigenvalue weighted by atomic mass is 10.0. The Balaban J connectivity index is 2.59. The van der Waals surface area contributed by atoms with Crippen molar-refractivity contribution in [2.45, 2.75) is 13.8 Å². The number of primary amides is 1. The van der Waals surface area contributed by atoms with Crippen molar-refractivity contribution in [3.63, 3.8) is 0 Å². The number of hydrogen-bond donors (Lipinski definition) is 2. The Morgan fingerprint density at radius 3 is 2.50 bits per heavy atom. The van der Waals surface area contributed by atoms with Crippen molar-refractivity contribution in [3.8, 4) is 0 Å². The second-order valence-electron chi connectivity index (χ2n) is 4.67. The van der Waals surface area contributed by atoms with Crippen LogP contribution in [0.15, 0.2) is 30.3 Å². The molecule has 0 aliphatic carbocycles. The second kappa shape index (κ2) is 3.60. The van der Waals surface area contributed by atoms with Gasteiger partial charge in [-0.15, -0.1) is 0 Å². The van der Waals surface area contributed by atoms with Crippen LogP contribution in [0.3, 0.4) is 0 Å². The van der Waals surface area contributed by atoms with E-state index in [1.807, 2.05) is 12.1 Å². The van der Waals surface area contributed by atoms with E-state index in [-0.39, 0.29) is 0 Å². The molecule has 1 aromatic heterocycles. The first-order chi connectivity index (χ1) is 8.59. The maximum absolute atomic E-state index is 11.5. The van der Waals surface area contributed by atoms with Crippen molar-refractivity contribution in [2.75, 3.05) is 0 Å². The van der Waals surface area contributed by atoms with Crippen LogP contribution in [0, 0.1) is 13.8 Å². The molecule has 0 saturated carbocycles. The van der Waals surface area contributed by atoms with E-state index in [9.17, 15) is 4.79 Å². The molecule has 0 spiro atoms. The molecule has 90 valence electrons. The highest BCUT2D eigenvalue weighted by molar-refractivity contribution is 6.16. The Bertz CT molecular complexity index is 784. The molecule has 0 atom stereocenters. The van der Waals surface area contributed by atoms with Crippen molar-refractivity contribution in [1.29, 1.82) is 0 Å². The van der Waals surface area contributed by atoms with Gasteiger partial charge in [-0.05, 0) is 31.0 Å². The third-order valence-corrected chi connectivity index (χ3v) is 3.47. The van der Waals surface area contributed by atoms with Gasteiger partial charge in [0.1, 0.15) is 0 Å². The molecule has 0 unspecified atom stereocenters. The van der Waals surface area contributed by atoms with E-state index in [0.29, 0.717) is 5.56 Å². The van der Waals surface area contributed by atoms with Gasteiger partial charge in [0.05, 0.1) is 11.1 Å². The molecular weight excluding hydrogens is 224 g/mol. The number of benzene rings is 2. The van der Waals surface area contributed by atoms with Gasteiger partial charge in [0.25, 0.3) is 5.91 Å². The SMILES string of the molecule is Cc1ccc(C)c2c1[nH]c1c(C(N)=O)cccc12. The normalized spacial score (nSPS) is 11.2. The van der Waals surface area contributed by atoms with Gasteiger partial charge in [0.15, 0.2) is 0 Å². The van der Waals surface area contributed by atoms with E-state index in [4.69, 9.17) is 5.73 Å². The van der Waals surface area contributed by atoms with Gasteiger partial charge in [0, 0.05) is 16.3 Å². The van der Waals surface area contributed by atoms with Crippen molar-refractivity contribution in [2.24, 2.45) is 5.73 Å². The van der Waals surface area contributed by atoms with E-state index in [0.717, 1.165) is 16.4 Å². The molecule has 0 saturated heterocycles. The monoisotopic (exact) mass is 238 g/mol. The zero-order valence-electron chi connectivity index (χ0n) is 10.4. The van der Waals surface area contributed by atoms with Crippen LogP contribution in [-0.4, -0.2) is 10.9 Å². The maximum Gasteiger partial charge on any atom is 0.250 e. The predicted octanol–water partition coefficient (Wildman–Crippen LogP) is 3.04. The Hall–Kier alpha value is -2.29. The van der Waals surface area contributed by atoms with Gasteiger partial charge in [-0.1, -0.05) is 24.3 Å². The third kappa shape index (κ3) is 1.34. The zero-order valence-corrected chi connectivity index (χ0v) is 10.4. The Kier molecular flexibility index (Phi) is 2.17. The molecule has 0 bridgehead atoms. The fourth-order valence-corrected chi connectivity index (χ4v) is 2.54. The largest absolute Gasteiger partial charge is 0.366 e. The molecule has 0 fully saturated rings. The first kappa shape index (κ1) is 10.8. The molecule has 0 radical (unpaired) electrons. The minimum atomic E-state index is -0.400. The molecule has 0 aliphatic rings. The number of rotatable bonds is 1. The molecular formula is C15H14N2O. The van der Waals surface area contributed by atoms with Gasteiger partial charge in [0.2, 0.25) is 0 Å². The first-order valence-electron chi connectivity index (χ1n) is 5.90. The zero-order chi connectivity index (χ0) is 12.9. The van der Waals surface area contributed by atoms with Crippen molar-refractivity contribution >= 4 is 27.7 Å². The number of nitrogens with one attached hydrogen (secondary N) is 1. The third-order valence-electron chi connectivity index (χ3n) is 3.47. The molecule has 18 heavy (non-hydrogen) atoms. The quantitative estimate of drug-likeness (QED) is 0.672. The topological polar surface area (TPSA) is 58.9 Å². The Morgan fingerprint density at radius 1 is 1.06 bits per heavy atom. The number of carbonyl (C=O) groups is 1. The summed E-state index contributed by atoms with van der Waals surface area (Å²) in [4.78, 5) is 14.8. The van der Waals surface area contributed by atoms with Gasteiger partial charge >= 0.3 is 0 Å². The summed E-state index contributed by atoms with van der Waals surface area (Å²) in [6, 6.07) is 9.83. The first-order valence-corrected chi connectivity index (χ1v) is 5.90. The van der Waals surface area contributed by atoms with Gasteiger partial charge in [-0.25, -0.2) is 0 Å². The number of aryl methyl sites for hydroxylation is 2. The van der Waals surface area contributed by atoms with E-state index in [1.54, 1.807) is 6.07 Å². The van der Waals surface area contributed by atoms with Crippen LogP contribution in [-0.2, 0) is 0 Å². The smallest absolute Gasteiger partial charge is 0.250 e. The number of nitrogens with two attached hydrogens (primary N) is 1. The Morgan fingerprint density at radius 2 is 1.78 bits per heavy atom. The lowest BCUT2D eigenvalue weighted by Gasteiger charge is -2.00. The summed E-state index contributed by atoms with van der Waals surface area (Å²) in [5.41, 5.74) is 10.2. The summed E-state index contributed by atoms with van der Waals surface area (Å²) in [7, 11) is 0. The predicted molar refractivity (Wildman–Crippen MR) is 73.8 cm³/mol. The summed E-state index contributed by atoms with van der Waals surface area (Å²) >= 11 is 0. The van der Waals surface area contributed by atoms with Crippen molar-refractivity contribution in [1.82, 2.24) is 4.98 Å². The van der Waals surface area contributed by atoms with Crippen LogP contribution in [0.2, 0.25) is 0 Å². The molecule has 2 aromatic carbocycles. The molecule has 3 aromatic rings. The number of amides is 1. The van der Waals surface area contributed by atoms with E-state index in [1.165, 1.54) is 16.5 Å². The molecule has 1 heterocycles. The number of aromatic nitrogens is 1. The van der Waals surface area contributed by atoms with Crippen LogP contribution in [0.25, 0.3) is 21.8 Å². The lowest BCUT2D eigenvalue weighted by Crippen LogP contribution is -2.11. The van der Waals surface area contributed by atoms with Crippen molar-refractivity contribution < 1.29 is 4.79 Å². The fourth-order valence-electron chi connectivity index (χ4n) is 2.54. The molecule has 1 amide bonds. The minimum Gasteiger partial charge on any atom is -0.366 e. The highest BCUT2D eigenvalue weighted by Gasteiger charge is 2.13. The molecule has 3 N–H and O–H groups in total. The minimum absolute atomic E-state index is 0.400. The lowest BCUT2D eigenvalue weighted by molar-refractivity contribution is 0.100. The van der Waals surface area contributed by atoms with Gasteiger partial charge in [-0.3, -0.25) is 4.79 Å². The van der Waals surface area contributed by atoms with Crippen LogP contribution in [0.4, 0.5) is 0 Å². The number of H-pyrrole nitrogens is 1. The van der Waals surface area contributed by atoms with E-state index < -0.39 is 5.91 Å². The molecule has 3 nitrogen and oxygen atoms in total. The average molecular weight is 238 g/mol. The standard InChI is InChI=1S/C15H14N2O/c1-8-6-7-9(2)13-12(8)10-4-3-5-11(15(16)18)14(10)17-13/h3-7,17H,1-2H3,(H2,16,18). The Labute approximate surface area is 105 Å². The number of para-hydroxylation sites is 1. The van der Waals surface area contributed by atoms with Crippen LogP contribution < -0.4 is 5.73 Å². The number of carbonyl (C=O) groups excluding carboxylic acids is 1. The summed E-state index contributed by atoms with van der Waals surface area (Å²) in [5.74, 6) is -0.400. The summed E-state index contributed by atoms with van der Waals surface area (Å²) < 4.78 is 0. The number of aromatic amines is 1. The average Bonchev–Trinajstić information content (AvgIpc) is 2.74. The van der Waals surface area contributed by atoms with Crippen LogP contribution in [0.5, 0.6) is 0 Å². The van der Waals surface area contributed by atoms with E-state index >= 15 is 0 Å². The summed E-state index contributed by atoms with van der Waals surface area (Å²) in [6.45, 7) is 4.13. The summed E-state index contributed by atoms with van der Waals surface area (Å²) in [6.07, 6.45) is 0. The van der Waals surface area contributed by atoms with Crippen LogP contribution in [0.1, 0.15) is 21.5 Å². The molecule has 0 aliphatic heterocycles. The van der Waals surface area contributed by atoms with Crippen LogP contribution >= 0.6 is 0 Å². The summed E-state index contributed by atoms with van der Waals surface area (Å²) in [5, 5.41) is 2.23. The number of fused-ring (bicyclic) bond motifs is 3. The molecule has 3 heteroatoms. The van der Waals surface area contributed by atoms with Gasteiger partial charge < -0.3 is 10.7 Å². The van der Waals surface area contributed by atoms with E-state index in [2.05, 4.69) is 31.0 Å². The maximum atomic E-state index is 11.5. The highest BCUT2D eigenvalue weighted by atomic mass is 16.1. The highest BCUT2D eigenvalue weighted by Crippen LogP contribution is 2.31. The number of hydrogen-bond acceptors (Lipinski definition) is 1. The second-order valence-corrected chi connectivity index (χ2v) is 4.67. The van der Waals surface area contributed by atoms with Crippen molar-refractivity contribution in [3.05, 3.63) is 47.0 Å². The fraction of sp³-hybridized carbons (Fsp3) is 0.133. The van der Waals surface area contributed by atoms with Gasteiger partial charge in [-0.2, -0.15) is 0 Å².